The number of carbonyl (C=O) groups excluding carboxylic acids is 1. The topological polar surface area (TPSA) is 57.1 Å². The van der Waals surface area contributed by atoms with E-state index in [4.69, 9.17) is 25.8 Å². The second-order valence-electron chi connectivity index (χ2n) is 4.66. The zero-order valence-corrected chi connectivity index (χ0v) is 13.4. The van der Waals surface area contributed by atoms with E-state index in [-0.39, 0.29) is 6.79 Å². The number of ether oxygens (including phenoxy) is 3. The number of hydrogen-bond acceptors (Lipinski definition) is 4. The highest BCUT2D eigenvalue weighted by Gasteiger charge is 2.25. The minimum atomic E-state index is -0.652. The van der Waals surface area contributed by atoms with Gasteiger partial charge in [-0.05, 0) is 26.8 Å². The van der Waals surface area contributed by atoms with Gasteiger partial charge in [-0.2, -0.15) is 4.99 Å². The fourth-order valence-corrected chi connectivity index (χ4v) is 2.00. The van der Waals surface area contributed by atoms with E-state index >= 15 is 0 Å². The molecular weight excluding hydrogens is 294 g/mol. The molecule has 21 heavy (non-hydrogen) atoms. The Labute approximate surface area is 129 Å². The molecule has 5 nitrogen and oxygen atoms in total. The first-order valence-electron chi connectivity index (χ1n) is 6.53. The van der Waals surface area contributed by atoms with Crippen LogP contribution in [0.5, 0.6) is 0 Å². The van der Waals surface area contributed by atoms with E-state index in [9.17, 15) is 4.79 Å². The molecule has 0 N–H and O–H groups in total. The summed E-state index contributed by atoms with van der Waals surface area (Å²) in [6.45, 7) is 5.23. The molecule has 0 heterocycles. The Balaban J connectivity index is 2.89. The molecule has 0 bridgehead atoms. The van der Waals surface area contributed by atoms with E-state index in [1.54, 1.807) is 26.8 Å². The maximum absolute atomic E-state index is 11.6. The molecule has 116 valence electrons. The van der Waals surface area contributed by atoms with Crippen molar-refractivity contribution in [1.82, 2.24) is 0 Å². The molecular formula is C15H20ClNO4. The van der Waals surface area contributed by atoms with Gasteiger partial charge in [0.05, 0.1) is 0 Å². The zero-order chi connectivity index (χ0) is 15.8. The van der Waals surface area contributed by atoms with Crippen molar-refractivity contribution in [2.75, 3.05) is 13.9 Å². The van der Waals surface area contributed by atoms with Gasteiger partial charge in [0.15, 0.2) is 0 Å². The summed E-state index contributed by atoms with van der Waals surface area (Å²) in [4.78, 5) is 15.4. The van der Waals surface area contributed by atoms with Crippen LogP contribution in [0.15, 0.2) is 29.3 Å². The van der Waals surface area contributed by atoms with Crippen LogP contribution in [0.1, 0.15) is 32.4 Å². The zero-order valence-electron chi connectivity index (χ0n) is 12.6. The average molecular weight is 314 g/mol. The third kappa shape index (κ3) is 5.83. The van der Waals surface area contributed by atoms with Gasteiger partial charge in [0.1, 0.15) is 19.0 Å². The third-order valence-corrected chi connectivity index (χ3v) is 2.95. The fraction of sp³-hybridized carbons (Fsp3) is 0.467. The van der Waals surface area contributed by atoms with Gasteiger partial charge in [-0.15, -0.1) is 0 Å². The molecule has 1 aromatic rings. The van der Waals surface area contributed by atoms with Gasteiger partial charge in [0, 0.05) is 23.4 Å². The SMILES string of the molecule is COCO[C@H](c1ccccc1Cl)[C@@H](C)OC(=O)N=C(C)C. The van der Waals surface area contributed by atoms with Crippen molar-refractivity contribution in [1.29, 1.82) is 0 Å². The highest BCUT2D eigenvalue weighted by Crippen LogP contribution is 2.29. The molecule has 0 aliphatic carbocycles. The summed E-state index contributed by atoms with van der Waals surface area (Å²) in [7, 11) is 1.52. The first kappa shape index (κ1) is 17.6. The molecule has 1 aromatic carbocycles. The van der Waals surface area contributed by atoms with Crippen molar-refractivity contribution in [3.63, 3.8) is 0 Å². The summed E-state index contributed by atoms with van der Waals surface area (Å²) in [6.07, 6.45) is -1.74. The quantitative estimate of drug-likeness (QED) is 0.588. The summed E-state index contributed by atoms with van der Waals surface area (Å²) in [5.74, 6) is 0. The number of benzene rings is 1. The molecule has 0 fully saturated rings. The minimum Gasteiger partial charge on any atom is -0.442 e. The van der Waals surface area contributed by atoms with E-state index in [0.717, 1.165) is 5.56 Å². The number of nitrogens with zero attached hydrogens (tertiary/aromatic N) is 1. The fourth-order valence-electron chi connectivity index (χ4n) is 1.76. The summed E-state index contributed by atoms with van der Waals surface area (Å²) >= 11 is 6.17. The van der Waals surface area contributed by atoms with Crippen LogP contribution < -0.4 is 0 Å². The van der Waals surface area contributed by atoms with Gasteiger partial charge in [-0.25, -0.2) is 4.79 Å². The summed E-state index contributed by atoms with van der Waals surface area (Å²) in [6, 6.07) is 7.23. The minimum absolute atomic E-state index is 0.0633. The van der Waals surface area contributed by atoms with E-state index in [1.807, 2.05) is 18.2 Å². The second-order valence-corrected chi connectivity index (χ2v) is 5.07. The number of methoxy groups -OCH3 is 1. The molecule has 0 unspecified atom stereocenters. The predicted molar refractivity (Wildman–Crippen MR) is 81.9 cm³/mol. The highest BCUT2D eigenvalue weighted by atomic mass is 35.5. The molecule has 1 rings (SSSR count). The molecule has 6 heteroatoms. The van der Waals surface area contributed by atoms with Crippen molar-refractivity contribution >= 4 is 23.4 Å². The molecule has 0 saturated heterocycles. The van der Waals surface area contributed by atoms with Gasteiger partial charge in [-0.1, -0.05) is 29.8 Å². The van der Waals surface area contributed by atoms with Crippen LogP contribution in [-0.4, -0.2) is 31.8 Å². The monoisotopic (exact) mass is 313 g/mol. The maximum atomic E-state index is 11.6. The maximum Gasteiger partial charge on any atom is 0.433 e. The van der Waals surface area contributed by atoms with Crippen molar-refractivity contribution in [2.45, 2.75) is 33.0 Å². The van der Waals surface area contributed by atoms with Gasteiger partial charge in [0.25, 0.3) is 0 Å². The largest absolute Gasteiger partial charge is 0.442 e. The first-order valence-corrected chi connectivity index (χ1v) is 6.91. The van der Waals surface area contributed by atoms with Crippen molar-refractivity contribution in [3.8, 4) is 0 Å². The van der Waals surface area contributed by atoms with Crippen molar-refractivity contribution in [3.05, 3.63) is 34.9 Å². The van der Waals surface area contributed by atoms with E-state index in [2.05, 4.69) is 4.99 Å². The van der Waals surface area contributed by atoms with Gasteiger partial charge in [0.2, 0.25) is 0 Å². The number of rotatable bonds is 6. The lowest BCUT2D eigenvalue weighted by atomic mass is 10.1. The van der Waals surface area contributed by atoms with Crippen LogP contribution in [0.25, 0.3) is 0 Å². The third-order valence-electron chi connectivity index (χ3n) is 2.61. The van der Waals surface area contributed by atoms with E-state index in [1.165, 1.54) is 7.11 Å². The number of hydrogen-bond donors (Lipinski definition) is 0. The summed E-state index contributed by atoms with van der Waals surface area (Å²) in [5.41, 5.74) is 1.35. The lowest BCUT2D eigenvalue weighted by molar-refractivity contribution is -0.111. The second kappa shape index (κ2) is 8.77. The Morgan fingerprint density at radius 2 is 2.00 bits per heavy atom. The normalized spacial score (nSPS) is 13.4. The summed E-state index contributed by atoms with van der Waals surface area (Å²) in [5, 5.41) is 0.539. The van der Waals surface area contributed by atoms with Crippen LogP contribution in [0.4, 0.5) is 4.79 Å². The molecule has 1 amide bonds. The molecule has 0 radical (unpaired) electrons. The predicted octanol–water partition coefficient (Wildman–Crippen LogP) is 4.01. The lowest BCUT2D eigenvalue weighted by Crippen LogP contribution is -2.25. The Morgan fingerprint density at radius 1 is 1.33 bits per heavy atom. The molecule has 0 aromatic heterocycles. The van der Waals surface area contributed by atoms with Crippen LogP contribution in [-0.2, 0) is 14.2 Å². The molecule has 0 aliphatic heterocycles. The molecule has 0 aliphatic rings. The van der Waals surface area contributed by atoms with E-state index < -0.39 is 18.3 Å². The lowest BCUT2D eigenvalue weighted by Gasteiger charge is -2.24. The number of amides is 1. The Hall–Kier alpha value is -1.43. The Bertz CT molecular complexity index is 500. The van der Waals surface area contributed by atoms with Gasteiger partial charge in [-0.3, -0.25) is 0 Å². The first-order chi connectivity index (χ1) is 9.95. The van der Waals surface area contributed by atoms with Crippen LogP contribution >= 0.6 is 11.6 Å². The smallest absolute Gasteiger partial charge is 0.433 e. The molecule has 2 atom stereocenters. The Kier molecular flexibility index (Phi) is 7.36. The van der Waals surface area contributed by atoms with Gasteiger partial charge < -0.3 is 14.2 Å². The Morgan fingerprint density at radius 3 is 2.57 bits per heavy atom. The molecule has 0 saturated carbocycles. The van der Waals surface area contributed by atoms with Gasteiger partial charge >= 0.3 is 6.09 Å². The number of halogens is 1. The van der Waals surface area contributed by atoms with Crippen LogP contribution in [0.2, 0.25) is 5.02 Å². The van der Waals surface area contributed by atoms with Crippen LogP contribution in [0, 0.1) is 0 Å². The standard InChI is InChI=1S/C15H20ClNO4/c1-10(2)17-15(18)21-11(3)14(20-9-19-4)12-7-5-6-8-13(12)16/h5-8,11,14H,9H2,1-4H3/t11-,14+/m1/s1. The summed E-state index contributed by atoms with van der Waals surface area (Å²) < 4.78 is 15.8. The van der Waals surface area contributed by atoms with Crippen molar-refractivity contribution < 1.29 is 19.0 Å². The molecule has 0 spiro atoms. The highest BCUT2D eigenvalue weighted by molar-refractivity contribution is 6.31. The average Bonchev–Trinajstić information content (AvgIpc) is 2.40. The number of carbonyl (C=O) groups is 1. The van der Waals surface area contributed by atoms with Crippen LogP contribution in [0.3, 0.4) is 0 Å². The number of aliphatic imine (C=N–C) groups is 1. The van der Waals surface area contributed by atoms with E-state index in [0.29, 0.717) is 10.7 Å². The van der Waals surface area contributed by atoms with Crippen molar-refractivity contribution in [2.24, 2.45) is 4.99 Å².